The summed E-state index contributed by atoms with van der Waals surface area (Å²) in [5, 5.41) is 3.60. The molecule has 0 spiro atoms. The smallest absolute Gasteiger partial charge is 0.339 e. The van der Waals surface area contributed by atoms with E-state index in [-0.39, 0.29) is 6.61 Å². The number of benzene rings is 4. The van der Waals surface area contributed by atoms with Crippen LogP contribution in [0.25, 0.3) is 43.9 Å². The van der Waals surface area contributed by atoms with Gasteiger partial charge in [-0.25, -0.2) is 14.6 Å². The van der Waals surface area contributed by atoms with Gasteiger partial charge < -0.3 is 9.15 Å². The Bertz CT molecular complexity index is 1850. The molecular weight excluding hydrogens is 450 g/mol. The largest absolute Gasteiger partial charge is 0.457 e. The zero-order valence-corrected chi connectivity index (χ0v) is 19.5. The van der Waals surface area contributed by atoms with Gasteiger partial charge in [0.1, 0.15) is 12.2 Å². The minimum absolute atomic E-state index is 0.0513. The van der Waals surface area contributed by atoms with E-state index in [1.807, 2.05) is 73.7 Å². The first-order valence-corrected chi connectivity index (χ1v) is 11.7. The minimum atomic E-state index is -0.483. The predicted molar refractivity (Wildman–Crippen MR) is 141 cm³/mol. The zero-order valence-electron chi connectivity index (χ0n) is 19.5. The molecular formula is C31H21NO4. The third-order valence-corrected chi connectivity index (χ3v) is 6.35. The van der Waals surface area contributed by atoms with Gasteiger partial charge in [-0.2, -0.15) is 0 Å². The van der Waals surface area contributed by atoms with Crippen LogP contribution < -0.4 is 5.63 Å². The molecule has 174 valence electrons. The van der Waals surface area contributed by atoms with E-state index in [2.05, 4.69) is 12.1 Å². The van der Waals surface area contributed by atoms with E-state index in [0.29, 0.717) is 33.3 Å². The van der Waals surface area contributed by atoms with Gasteiger partial charge in [-0.3, -0.25) is 0 Å². The summed E-state index contributed by atoms with van der Waals surface area (Å²) >= 11 is 0. The Hall–Kier alpha value is -4.77. The fraction of sp³-hybridized carbons (Fsp3) is 0.0645. The van der Waals surface area contributed by atoms with Crippen LogP contribution in [-0.4, -0.2) is 11.0 Å². The SMILES string of the molecule is Cc1ccc2c(COC(=O)c3cc(-c4cccc5ccccc45)nc4ccccc34)cc(=O)oc2c1. The molecule has 5 nitrogen and oxygen atoms in total. The van der Waals surface area contributed by atoms with Crippen LogP contribution in [0.3, 0.4) is 0 Å². The Morgan fingerprint density at radius 3 is 2.50 bits per heavy atom. The molecule has 0 fully saturated rings. The Balaban J connectivity index is 1.42. The molecule has 0 saturated heterocycles. The van der Waals surface area contributed by atoms with Gasteiger partial charge in [-0.1, -0.05) is 72.8 Å². The predicted octanol–water partition coefficient (Wildman–Crippen LogP) is 6.83. The standard InChI is InChI=1S/C31H21NO4/c1-19-13-14-23-21(16-30(33)36-29(23)15-19)18-35-31(34)26-17-28(32-27-12-5-4-10-25(26)27)24-11-6-8-20-7-2-3-9-22(20)24/h2-17H,18H2,1H3. The molecule has 0 saturated carbocycles. The number of aryl methyl sites for hydroxylation is 1. The maximum atomic E-state index is 13.4. The molecule has 0 aliphatic rings. The van der Waals surface area contributed by atoms with Crippen LogP contribution in [0.5, 0.6) is 0 Å². The van der Waals surface area contributed by atoms with Crippen LogP contribution in [0.15, 0.2) is 106 Å². The molecule has 6 aromatic rings. The number of hydrogen-bond acceptors (Lipinski definition) is 5. The Morgan fingerprint density at radius 1 is 0.833 bits per heavy atom. The molecule has 0 bridgehead atoms. The summed E-state index contributed by atoms with van der Waals surface area (Å²) in [6.07, 6.45) is 0. The number of pyridine rings is 1. The van der Waals surface area contributed by atoms with E-state index in [1.54, 1.807) is 12.1 Å². The Labute approximate surface area is 206 Å². The molecule has 0 N–H and O–H groups in total. The molecule has 0 aliphatic heterocycles. The molecule has 0 unspecified atom stereocenters. The van der Waals surface area contributed by atoms with E-state index < -0.39 is 11.6 Å². The molecule has 36 heavy (non-hydrogen) atoms. The molecule has 6 rings (SSSR count). The van der Waals surface area contributed by atoms with Gasteiger partial charge in [0, 0.05) is 28.0 Å². The van der Waals surface area contributed by atoms with Crippen molar-refractivity contribution in [1.82, 2.24) is 4.98 Å². The van der Waals surface area contributed by atoms with Gasteiger partial charge in [0.15, 0.2) is 0 Å². The first-order valence-electron chi connectivity index (χ1n) is 11.7. The van der Waals surface area contributed by atoms with E-state index in [1.165, 1.54) is 6.07 Å². The maximum Gasteiger partial charge on any atom is 0.339 e. The number of para-hydroxylation sites is 1. The van der Waals surface area contributed by atoms with Crippen molar-refractivity contribution in [3.8, 4) is 11.3 Å². The summed E-state index contributed by atoms with van der Waals surface area (Å²) in [4.78, 5) is 30.4. The third-order valence-electron chi connectivity index (χ3n) is 6.35. The monoisotopic (exact) mass is 471 g/mol. The molecule has 0 aliphatic carbocycles. The second-order valence-corrected chi connectivity index (χ2v) is 8.77. The summed E-state index contributed by atoms with van der Waals surface area (Å²) in [6, 6.07) is 30.4. The minimum Gasteiger partial charge on any atom is -0.457 e. The van der Waals surface area contributed by atoms with Gasteiger partial charge in [0.2, 0.25) is 0 Å². The summed E-state index contributed by atoms with van der Waals surface area (Å²) in [5.74, 6) is -0.483. The maximum absolute atomic E-state index is 13.4. The van der Waals surface area contributed by atoms with Crippen molar-refractivity contribution in [3.05, 3.63) is 124 Å². The number of esters is 1. The van der Waals surface area contributed by atoms with Crippen molar-refractivity contribution in [2.75, 3.05) is 0 Å². The van der Waals surface area contributed by atoms with Crippen LogP contribution in [-0.2, 0) is 11.3 Å². The average Bonchev–Trinajstić information content (AvgIpc) is 2.90. The highest BCUT2D eigenvalue weighted by molar-refractivity contribution is 6.06. The number of carbonyl (C=O) groups excluding carboxylic acids is 1. The second-order valence-electron chi connectivity index (χ2n) is 8.77. The molecule has 5 heteroatoms. The first kappa shape index (κ1) is 21.7. The average molecular weight is 472 g/mol. The second kappa shape index (κ2) is 8.78. The Kier molecular flexibility index (Phi) is 5.30. The summed E-state index contributed by atoms with van der Waals surface area (Å²) in [6.45, 7) is 1.87. The van der Waals surface area contributed by atoms with E-state index in [0.717, 1.165) is 27.3 Å². The molecule has 2 heterocycles. The lowest BCUT2D eigenvalue weighted by Gasteiger charge is -2.12. The van der Waals surface area contributed by atoms with Crippen LogP contribution in [0, 0.1) is 6.92 Å². The van der Waals surface area contributed by atoms with Gasteiger partial charge >= 0.3 is 11.6 Å². The number of carbonyl (C=O) groups is 1. The number of hydrogen-bond donors (Lipinski definition) is 0. The van der Waals surface area contributed by atoms with Gasteiger partial charge in [0.25, 0.3) is 0 Å². The van der Waals surface area contributed by atoms with Crippen molar-refractivity contribution in [3.63, 3.8) is 0 Å². The number of rotatable bonds is 4. The van der Waals surface area contributed by atoms with Gasteiger partial charge in [-0.15, -0.1) is 0 Å². The lowest BCUT2D eigenvalue weighted by atomic mass is 9.99. The summed E-state index contributed by atoms with van der Waals surface area (Å²) in [5.41, 5.74) is 4.33. The summed E-state index contributed by atoms with van der Waals surface area (Å²) in [7, 11) is 0. The number of ether oxygens (including phenoxy) is 1. The normalized spacial score (nSPS) is 11.2. The van der Waals surface area contributed by atoms with E-state index >= 15 is 0 Å². The zero-order chi connectivity index (χ0) is 24.6. The quantitative estimate of drug-likeness (QED) is 0.208. The van der Waals surface area contributed by atoms with Gasteiger partial charge in [-0.05, 0) is 41.5 Å². The van der Waals surface area contributed by atoms with Crippen LogP contribution >= 0.6 is 0 Å². The molecule has 0 atom stereocenters. The lowest BCUT2D eigenvalue weighted by Crippen LogP contribution is -2.09. The van der Waals surface area contributed by atoms with Gasteiger partial charge in [0.05, 0.1) is 16.8 Å². The highest BCUT2D eigenvalue weighted by atomic mass is 16.5. The number of fused-ring (bicyclic) bond motifs is 3. The van der Waals surface area contributed by atoms with Crippen molar-refractivity contribution < 1.29 is 13.9 Å². The molecule has 2 aromatic heterocycles. The number of aromatic nitrogens is 1. The van der Waals surface area contributed by atoms with Crippen LogP contribution in [0.4, 0.5) is 0 Å². The highest BCUT2D eigenvalue weighted by Crippen LogP contribution is 2.31. The lowest BCUT2D eigenvalue weighted by molar-refractivity contribution is 0.0476. The third kappa shape index (κ3) is 3.91. The molecule has 0 amide bonds. The van der Waals surface area contributed by atoms with Crippen LogP contribution in [0.2, 0.25) is 0 Å². The van der Waals surface area contributed by atoms with Crippen molar-refractivity contribution >= 4 is 38.6 Å². The van der Waals surface area contributed by atoms with Crippen molar-refractivity contribution in [2.45, 2.75) is 13.5 Å². The number of nitrogens with zero attached hydrogens (tertiary/aromatic N) is 1. The van der Waals surface area contributed by atoms with Crippen molar-refractivity contribution in [1.29, 1.82) is 0 Å². The van der Waals surface area contributed by atoms with Crippen molar-refractivity contribution in [2.24, 2.45) is 0 Å². The fourth-order valence-corrected chi connectivity index (χ4v) is 4.61. The van der Waals surface area contributed by atoms with E-state index in [4.69, 9.17) is 14.1 Å². The molecule has 0 radical (unpaired) electrons. The fourth-order valence-electron chi connectivity index (χ4n) is 4.61. The van der Waals surface area contributed by atoms with E-state index in [9.17, 15) is 9.59 Å². The molecule has 4 aromatic carbocycles. The Morgan fingerprint density at radius 2 is 1.61 bits per heavy atom. The topological polar surface area (TPSA) is 69.4 Å². The first-order chi connectivity index (χ1) is 17.6. The highest BCUT2D eigenvalue weighted by Gasteiger charge is 2.17. The summed E-state index contributed by atoms with van der Waals surface area (Å²) < 4.78 is 11.1. The van der Waals surface area contributed by atoms with Crippen LogP contribution in [0.1, 0.15) is 21.5 Å².